The monoisotopic (exact) mass is 601 g/mol. The minimum atomic E-state index is -0.617. The molecule has 0 saturated carbocycles. The summed E-state index contributed by atoms with van der Waals surface area (Å²) in [5.74, 6) is 1.06. The van der Waals surface area contributed by atoms with E-state index in [9.17, 15) is 9.59 Å². The van der Waals surface area contributed by atoms with Gasteiger partial charge in [0.25, 0.3) is 5.91 Å². The summed E-state index contributed by atoms with van der Waals surface area (Å²) in [4.78, 5) is 33.0. The van der Waals surface area contributed by atoms with Gasteiger partial charge >= 0.3 is 0 Å². The topological polar surface area (TPSA) is 71.1 Å². The molecule has 0 fully saturated rings. The van der Waals surface area contributed by atoms with E-state index < -0.39 is 6.04 Å². The van der Waals surface area contributed by atoms with E-state index in [1.165, 1.54) is 0 Å². The lowest BCUT2D eigenvalue weighted by atomic mass is 9.78. The molecule has 1 aliphatic carbocycles. The molecule has 7 nitrogen and oxygen atoms in total. The number of Topliss-reactive ketones (excluding diaryl/α,β-unsaturated/α-hetero) is 1. The van der Waals surface area contributed by atoms with Crippen molar-refractivity contribution in [3.8, 4) is 11.5 Å². The number of nitrogens with one attached hydrogen (secondary N) is 1. The number of allylic oxidation sites excluding steroid dienone is 1. The predicted molar refractivity (Wildman–Crippen MR) is 180 cm³/mol. The fourth-order valence-corrected chi connectivity index (χ4v) is 6.65. The quantitative estimate of drug-likeness (QED) is 0.223. The number of ketones is 1. The molecule has 4 aromatic carbocycles. The van der Waals surface area contributed by atoms with Crippen molar-refractivity contribution in [3.63, 3.8) is 0 Å². The van der Waals surface area contributed by atoms with Gasteiger partial charge < -0.3 is 19.7 Å². The Kier molecular flexibility index (Phi) is 8.60. The van der Waals surface area contributed by atoms with Crippen LogP contribution in [0.5, 0.6) is 11.5 Å². The molecule has 0 saturated heterocycles. The van der Waals surface area contributed by atoms with Gasteiger partial charge in [-0.05, 0) is 85.8 Å². The molecule has 6 rings (SSSR count). The molecule has 1 amide bonds. The maximum absolute atomic E-state index is 14.5. The molecule has 4 aromatic rings. The van der Waals surface area contributed by atoms with Gasteiger partial charge in [-0.3, -0.25) is 14.5 Å². The Labute approximate surface area is 265 Å². The molecular formula is C38H39N3O4. The van der Waals surface area contributed by atoms with Gasteiger partial charge in [0.15, 0.2) is 17.3 Å². The first-order valence-corrected chi connectivity index (χ1v) is 15.5. The van der Waals surface area contributed by atoms with E-state index in [-0.39, 0.29) is 17.6 Å². The largest absolute Gasteiger partial charge is 0.493 e. The second-order valence-corrected chi connectivity index (χ2v) is 11.4. The van der Waals surface area contributed by atoms with Crippen molar-refractivity contribution in [1.82, 2.24) is 0 Å². The fraction of sp³-hybridized carbons (Fsp3) is 0.263. The third-order valence-electron chi connectivity index (χ3n) is 8.94. The van der Waals surface area contributed by atoms with Crippen LogP contribution in [-0.2, 0) is 4.79 Å². The van der Waals surface area contributed by atoms with Crippen LogP contribution in [0.25, 0.3) is 0 Å². The van der Waals surface area contributed by atoms with Crippen molar-refractivity contribution in [2.45, 2.75) is 38.6 Å². The van der Waals surface area contributed by atoms with Crippen molar-refractivity contribution < 1.29 is 19.1 Å². The standard InChI is InChI=1S/C38H39N3O4/c1-5-40(6-2)29-19-16-25(17-20-29)37-36-31(22-28(23-33(36)42)27-18-21-34(44-3)35(24-27)45-4)39-30-14-10-11-15-32(30)41(37)38(43)26-12-8-7-9-13-26/h7-21,24,28,37,39H,5-6,22-23H2,1-4H3/t28-,37+/m0/s1. The number of hydrogen-bond donors (Lipinski definition) is 1. The predicted octanol–water partition coefficient (Wildman–Crippen LogP) is 7.76. The number of rotatable bonds is 8. The van der Waals surface area contributed by atoms with Gasteiger partial charge in [0.2, 0.25) is 0 Å². The molecule has 1 aliphatic heterocycles. The molecule has 1 heterocycles. The highest BCUT2D eigenvalue weighted by atomic mass is 16.5. The summed E-state index contributed by atoms with van der Waals surface area (Å²) in [6.45, 7) is 6.05. The average molecular weight is 602 g/mol. The van der Waals surface area contributed by atoms with Crippen LogP contribution in [0.15, 0.2) is 108 Å². The van der Waals surface area contributed by atoms with Crippen molar-refractivity contribution in [2.24, 2.45) is 0 Å². The van der Waals surface area contributed by atoms with Crippen LogP contribution in [0.1, 0.15) is 60.1 Å². The SMILES string of the molecule is CCN(CC)c1ccc([C@@H]2C3=C(C[C@H](c4ccc(OC)c(OC)c4)CC3=O)Nc3ccccc3N2C(=O)c2ccccc2)cc1. The average Bonchev–Trinajstić information content (AvgIpc) is 3.23. The number of nitrogens with zero attached hydrogens (tertiary/aromatic N) is 2. The molecular weight excluding hydrogens is 562 g/mol. The Hall–Kier alpha value is -5.04. The van der Waals surface area contributed by atoms with E-state index in [0.29, 0.717) is 35.5 Å². The summed E-state index contributed by atoms with van der Waals surface area (Å²) >= 11 is 0. The fourth-order valence-electron chi connectivity index (χ4n) is 6.65. The van der Waals surface area contributed by atoms with Gasteiger partial charge in [-0.2, -0.15) is 0 Å². The first-order chi connectivity index (χ1) is 22.0. The van der Waals surface area contributed by atoms with Gasteiger partial charge in [0.1, 0.15) is 0 Å². The van der Waals surface area contributed by atoms with E-state index in [4.69, 9.17) is 9.47 Å². The van der Waals surface area contributed by atoms with Crippen LogP contribution in [0.2, 0.25) is 0 Å². The second-order valence-electron chi connectivity index (χ2n) is 11.4. The van der Waals surface area contributed by atoms with E-state index in [2.05, 4.69) is 48.3 Å². The van der Waals surface area contributed by atoms with Gasteiger partial charge in [0, 0.05) is 42.0 Å². The lowest BCUT2D eigenvalue weighted by molar-refractivity contribution is -0.116. The second kappa shape index (κ2) is 12.9. The van der Waals surface area contributed by atoms with Crippen molar-refractivity contribution in [3.05, 3.63) is 125 Å². The Morgan fingerprint density at radius 1 is 0.822 bits per heavy atom. The number of benzene rings is 4. The third-order valence-corrected chi connectivity index (χ3v) is 8.94. The summed E-state index contributed by atoms with van der Waals surface area (Å²) in [7, 11) is 3.23. The van der Waals surface area contributed by atoms with E-state index >= 15 is 0 Å². The smallest absolute Gasteiger partial charge is 0.259 e. The minimum Gasteiger partial charge on any atom is -0.493 e. The van der Waals surface area contributed by atoms with E-state index in [1.807, 2.05) is 72.8 Å². The van der Waals surface area contributed by atoms with E-state index in [1.54, 1.807) is 19.1 Å². The molecule has 0 radical (unpaired) electrons. The third kappa shape index (κ3) is 5.66. The van der Waals surface area contributed by atoms with Crippen LogP contribution in [0.4, 0.5) is 17.1 Å². The molecule has 0 aromatic heterocycles. The molecule has 0 bridgehead atoms. The van der Waals surface area contributed by atoms with Crippen LogP contribution in [0, 0.1) is 0 Å². The minimum absolute atomic E-state index is 0.0139. The summed E-state index contributed by atoms with van der Waals surface area (Å²) in [5, 5.41) is 3.63. The first-order valence-electron chi connectivity index (χ1n) is 15.5. The highest BCUT2D eigenvalue weighted by molar-refractivity contribution is 6.12. The Morgan fingerprint density at radius 2 is 1.49 bits per heavy atom. The molecule has 230 valence electrons. The van der Waals surface area contributed by atoms with Crippen LogP contribution in [0.3, 0.4) is 0 Å². The molecule has 2 aliphatic rings. The summed E-state index contributed by atoms with van der Waals surface area (Å²) in [6.07, 6.45) is 0.917. The normalized spacial score (nSPS) is 17.5. The zero-order valence-electron chi connectivity index (χ0n) is 26.2. The zero-order valence-corrected chi connectivity index (χ0v) is 26.2. The van der Waals surface area contributed by atoms with Gasteiger partial charge in [0.05, 0.1) is 31.6 Å². The van der Waals surface area contributed by atoms with Gasteiger partial charge in [-0.1, -0.05) is 48.5 Å². The van der Waals surface area contributed by atoms with Crippen molar-refractivity contribution >= 4 is 28.8 Å². The molecule has 45 heavy (non-hydrogen) atoms. The number of ether oxygens (including phenoxy) is 2. The number of fused-ring (bicyclic) bond motifs is 1. The number of carbonyl (C=O) groups excluding carboxylic acids is 2. The Bertz CT molecular complexity index is 1730. The lowest BCUT2D eigenvalue weighted by Crippen LogP contribution is -2.38. The van der Waals surface area contributed by atoms with Crippen LogP contribution < -0.4 is 24.6 Å². The van der Waals surface area contributed by atoms with Crippen molar-refractivity contribution in [2.75, 3.05) is 42.4 Å². The molecule has 0 spiro atoms. The number of carbonyl (C=O) groups is 2. The zero-order chi connectivity index (χ0) is 31.5. The maximum Gasteiger partial charge on any atom is 0.259 e. The number of amides is 1. The molecule has 2 atom stereocenters. The Morgan fingerprint density at radius 3 is 2.18 bits per heavy atom. The number of methoxy groups -OCH3 is 2. The van der Waals surface area contributed by atoms with Crippen molar-refractivity contribution in [1.29, 1.82) is 0 Å². The summed E-state index contributed by atoms with van der Waals surface area (Å²) in [5.41, 5.74) is 6.54. The summed E-state index contributed by atoms with van der Waals surface area (Å²) < 4.78 is 11.0. The molecule has 1 N–H and O–H groups in total. The highest BCUT2D eigenvalue weighted by Crippen LogP contribution is 2.48. The van der Waals surface area contributed by atoms with E-state index in [0.717, 1.165) is 47.0 Å². The first kappa shape index (κ1) is 30.0. The Balaban J connectivity index is 1.52. The number of hydrogen-bond acceptors (Lipinski definition) is 6. The van der Waals surface area contributed by atoms with Crippen LogP contribution >= 0.6 is 0 Å². The summed E-state index contributed by atoms with van der Waals surface area (Å²) in [6, 6.07) is 30.7. The van der Waals surface area contributed by atoms with Gasteiger partial charge in [-0.25, -0.2) is 0 Å². The van der Waals surface area contributed by atoms with Gasteiger partial charge in [-0.15, -0.1) is 0 Å². The molecule has 0 unspecified atom stereocenters. The molecule has 7 heteroatoms. The lowest BCUT2D eigenvalue weighted by Gasteiger charge is -2.35. The number of anilines is 3. The highest BCUT2D eigenvalue weighted by Gasteiger charge is 2.42. The maximum atomic E-state index is 14.5. The number of para-hydroxylation sites is 2. The van der Waals surface area contributed by atoms with Crippen LogP contribution in [-0.4, -0.2) is 39.0 Å².